The first-order valence-corrected chi connectivity index (χ1v) is 4.47. The zero-order valence-corrected chi connectivity index (χ0v) is 7.54. The van der Waals surface area contributed by atoms with Crippen LogP contribution in [-0.2, 0) is 13.0 Å². The Balaban J connectivity index is 2.28. The van der Waals surface area contributed by atoms with Crippen molar-refractivity contribution in [1.82, 2.24) is 14.8 Å². The maximum atomic E-state index is 4.36. The summed E-state index contributed by atoms with van der Waals surface area (Å²) in [4.78, 5) is 4.34. The van der Waals surface area contributed by atoms with Crippen LogP contribution >= 0.6 is 0 Å². The summed E-state index contributed by atoms with van der Waals surface area (Å²) in [7, 11) is 0. The van der Waals surface area contributed by atoms with E-state index in [0.29, 0.717) is 5.92 Å². The van der Waals surface area contributed by atoms with E-state index in [2.05, 4.69) is 29.2 Å². The molecule has 4 nitrogen and oxygen atoms in total. The third kappa shape index (κ3) is 1.17. The van der Waals surface area contributed by atoms with Crippen LogP contribution in [-0.4, -0.2) is 21.3 Å². The van der Waals surface area contributed by atoms with E-state index in [1.807, 2.05) is 4.68 Å². The molecule has 0 aliphatic carbocycles. The summed E-state index contributed by atoms with van der Waals surface area (Å²) in [6.07, 6.45) is 0.913. The first-order chi connectivity index (χ1) is 5.79. The van der Waals surface area contributed by atoms with Crippen LogP contribution in [0, 0.1) is 5.92 Å². The quantitative estimate of drug-likeness (QED) is 0.674. The molecule has 0 radical (unpaired) electrons. The number of aryl methyl sites for hydroxylation is 1. The molecule has 1 N–H and O–H groups in total. The van der Waals surface area contributed by atoms with Gasteiger partial charge in [-0.25, -0.2) is 4.68 Å². The Kier molecular flexibility index (Phi) is 1.75. The molecule has 1 aromatic heterocycles. The van der Waals surface area contributed by atoms with Gasteiger partial charge in [-0.2, -0.15) is 10.1 Å². The zero-order valence-electron chi connectivity index (χ0n) is 7.54. The van der Waals surface area contributed by atoms with Gasteiger partial charge in [-0.3, -0.25) is 0 Å². The van der Waals surface area contributed by atoms with Gasteiger partial charge in [-0.1, -0.05) is 13.8 Å². The molecule has 4 heteroatoms. The molecule has 0 aromatic carbocycles. The molecule has 0 saturated heterocycles. The fourth-order valence-corrected chi connectivity index (χ4v) is 1.42. The van der Waals surface area contributed by atoms with Crippen LogP contribution in [0.4, 0.5) is 5.95 Å². The maximum Gasteiger partial charge on any atom is 0.221 e. The molecule has 2 rings (SSSR count). The van der Waals surface area contributed by atoms with E-state index in [1.54, 1.807) is 0 Å². The number of anilines is 1. The number of hydrogen-bond acceptors (Lipinski definition) is 3. The van der Waals surface area contributed by atoms with Gasteiger partial charge in [0.1, 0.15) is 0 Å². The van der Waals surface area contributed by atoms with Gasteiger partial charge >= 0.3 is 0 Å². The molecule has 0 saturated carbocycles. The van der Waals surface area contributed by atoms with E-state index in [9.17, 15) is 0 Å². The minimum absolute atomic E-state index is 0.656. The van der Waals surface area contributed by atoms with Gasteiger partial charge in [0.05, 0.1) is 0 Å². The molecule has 0 amide bonds. The van der Waals surface area contributed by atoms with Crippen LogP contribution in [0.3, 0.4) is 0 Å². The predicted molar refractivity (Wildman–Crippen MR) is 47.1 cm³/mol. The van der Waals surface area contributed by atoms with E-state index in [1.165, 1.54) is 0 Å². The van der Waals surface area contributed by atoms with Crippen LogP contribution < -0.4 is 5.32 Å². The number of rotatable bonds is 1. The Bertz CT molecular complexity index is 279. The van der Waals surface area contributed by atoms with Crippen LogP contribution in [0.2, 0.25) is 0 Å². The average Bonchev–Trinajstić information content (AvgIpc) is 2.46. The van der Waals surface area contributed by atoms with Crippen LogP contribution in [0.5, 0.6) is 0 Å². The lowest BCUT2D eigenvalue weighted by Crippen LogP contribution is -2.25. The molecule has 0 fully saturated rings. The highest BCUT2D eigenvalue weighted by Crippen LogP contribution is 2.14. The summed E-state index contributed by atoms with van der Waals surface area (Å²) in [6.45, 7) is 6.30. The van der Waals surface area contributed by atoms with Crippen molar-refractivity contribution in [3.8, 4) is 0 Å². The highest BCUT2D eigenvalue weighted by atomic mass is 15.4. The average molecular weight is 166 g/mol. The Morgan fingerprint density at radius 1 is 1.67 bits per heavy atom. The van der Waals surface area contributed by atoms with Crippen molar-refractivity contribution < 1.29 is 0 Å². The van der Waals surface area contributed by atoms with E-state index in [-0.39, 0.29) is 0 Å². The highest BCUT2D eigenvalue weighted by Gasteiger charge is 2.16. The minimum Gasteiger partial charge on any atom is -0.354 e. The lowest BCUT2D eigenvalue weighted by atomic mass is 10.1. The molecule has 1 atom stereocenters. The Labute approximate surface area is 72.0 Å². The van der Waals surface area contributed by atoms with E-state index >= 15 is 0 Å². The van der Waals surface area contributed by atoms with Gasteiger partial charge in [-0.05, 0) is 5.92 Å². The Hall–Kier alpha value is -1.06. The largest absolute Gasteiger partial charge is 0.354 e. The third-order valence-electron chi connectivity index (χ3n) is 2.13. The molecule has 0 spiro atoms. The van der Waals surface area contributed by atoms with Crippen LogP contribution in [0.1, 0.15) is 19.7 Å². The van der Waals surface area contributed by atoms with Crippen molar-refractivity contribution in [1.29, 1.82) is 0 Å². The lowest BCUT2D eigenvalue weighted by molar-refractivity contribution is 0.442. The Morgan fingerprint density at radius 3 is 3.25 bits per heavy atom. The molecule has 0 bridgehead atoms. The maximum absolute atomic E-state index is 4.36. The SMILES string of the molecule is CCc1nc2n(n1)CC(C)CN2. The highest BCUT2D eigenvalue weighted by molar-refractivity contribution is 5.27. The summed E-state index contributed by atoms with van der Waals surface area (Å²) >= 11 is 0. The second kappa shape index (κ2) is 2.77. The van der Waals surface area contributed by atoms with Crippen LogP contribution in [0.15, 0.2) is 0 Å². The molecule has 12 heavy (non-hydrogen) atoms. The van der Waals surface area contributed by atoms with Gasteiger partial charge < -0.3 is 5.32 Å². The number of hydrogen-bond donors (Lipinski definition) is 1. The summed E-state index contributed by atoms with van der Waals surface area (Å²) < 4.78 is 1.97. The van der Waals surface area contributed by atoms with Crippen molar-refractivity contribution in [3.05, 3.63) is 5.82 Å². The first kappa shape index (κ1) is 7.58. The third-order valence-corrected chi connectivity index (χ3v) is 2.13. The zero-order chi connectivity index (χ0) is 8.55. The molecule has 66 valence electrons. The molecular weight excluding hydrogens is 152 g/mol. The molecule has 1 unspecified atom stereocenters. The van der Waals surface area contributed by atoms with Crippen LogP contribution in [0.25, 0.3) is 0 Å². The Morgan fingerprint density at radius 2 is 2.50 bits per heavy atom. The minimum atomic E-state index is 0.656. The number of nitrogens with one attached hydrogen (secondary N) is 1. The van der Waals surface area contributed by atoms with Gasteiger partial charge in [0.2, 0.25) is 5.95 Å². The van der Waals surface area contributed by atoms with Crippen molar-refractivity contribution in [3.63, 3.8) is 0 Å². The number of fused-ring (bicyclic) bond motifs is 1. The topological polar surface area (TPSA) is 42.7 Å². The summed E-state index contributed by atoms with van der Waals surface area (Å²) in [6, 6.07) is 0. The molecular formula is C8H14N4. The van der Waals surface area contributed by atoms with Gasteiger partial charge in [-0.15, -0.1) is 0 Å². The van der Waals surface area contributed by atoms with E-state index in [0.717, 1.165) is 31.3 Å². The standard InChI is InChI=1S/C8H14N4/c1-3-7-10-8-9-4-6(2)5-12(8)11-7/h6H,3-5H2,1-2H3,(H,9,10,11). The van der Waals surface area contributed by atoms with Crippen molar-refractivity contribution in [2.45, 2.75) is 26.8 Å². The first-order valence-electron chi connectivity index (χ1n) is 4.47. The van der Waals surface area contributed by atoms with Gasteiger partial charge in [0.15, 0.2) is 5.82 Å². The molecule has 1 aliphatic rings. The van der Waals surface area contributed by atoms with Crippen molar-refractivity contribution in [2.24, 2.45) is 5.92 Å². The molecule has 2 heterocycles. The monoisotopic (exact) mass is 166 g/mol. The fraction of sp³-hybridized carbons (Fsp3) is 0.750. The second-order valence-electron chi connectivity index (χ2n) is 3.37. The number of nitrogens with zero attached hydrogens (tertiary/aromatic N) is 3. The van der Waals surface area contributed by atoms with Crippen molar-refractivity contribution in [2.75, 3.05) is 11.9 Å². The fourth-order valence-electron chi connectivity index (χ4n) is 1.42. The summed E-state index contributed by atoms with van der Waals surface area (Å²) in [5.41, 5.74) is 0. The van der Waals surface area contributed by atoms with Gasteiger partial charge in [0, 0.05) is 19.5 Å². The molecule has 1 aliphatic heterocycles. The lowest BCUT2D eigenvalue weighted by Gasteiger charge is -2.19. The van der Waals surface area contributed by atoms with Crippen molar-refractivity contribution >= 4 is 5.95 Å². The summed E-state index contributed by atoms with van der Waals surface area (Å²) in [5, 5.41) is 7.62. The number of aromatic nitrogens is 3. The summed E-state index contributed by atoms with van der Waals surface area (Å²) in [5.74, 6) is 2.53. The van der Waals surface area contributed by atoms with E-state index < -0.39 is 0 Å². The smallest absolute Gasteiger partial charge is 0.221 e. The normalized spacial score (nSPS) is 21.7. The molecule has 1 aromatic rings. The van der Waals surface area contributed by atoms with E-state index in [4.69, 9.17) is 0 Å². The predicted octanol–water partition coefficient (Wildman–Crippen LogP) is 0.902. The van der Waals surface area contributed by atoms with Gasteiger partial charge in [0.25, 0.3) is 0 Å². The second-order valence-corrected chi connectivity index (χ2v) is 3.37.